The van der Waals surface area contributed by atoms with Gasteiger partial charge in [0, 0.05) is 22.9 Å². The summed E-state index contributed by atoms with van der Waals surface area (Å²) in [6, 6.07) is 4.09. The summed E-state index contributed by atoms with van der Waals surface area (Å²) < 4.78 is 39.1. The van der Waals surface area contributed by atoms with Crippen LogP contribution < -0.4 is 10.6 Å². The van der Waals surface area contributed by atoms with Crippen LogP contribution in [0, 0.1) is 17.6 Å². The molecule has 0 radical (unpaired) electrons. The number of amides is 2. The van der Waals surface area contributed by atoms with Crippen molar-refractivity contribution in [1.82, 2.24) is 15.3 Å². The molecular formula is C22H23F2N5O4S. The molecule has 2 atom stereocenters. The van der Waals surface area contributed by atoms with Gasteiger partial charge in [-0.05, 0) is 39.0 Å². The molecule has 2 aliphatic heterocycles. The molecule has 9 nitrogen and oxygen atoms in total. The number of aliphatic imine (C=N–C) groups is 1. The van der Waals surface area contributed by atoms with Crippen molar-refractivity contribution in [3.8, 4) is 0 Å². The normalized spacial score (nSPS) is 21.9. The second-order valence-electron chi connectivity index (χ2n) is 8.86. The number of ether oxygens (including phenoxy) is 2. The average Bonchev–Trinajstić information content (AvgIpc) is 3.18. The lowest BCUT2D eigenvalue weighted by molar-refractivity contribution is 0.0563. The smallest absolute Gasteiger partial charge is 0.413 e. The van der Waals surface area contributed by atoms with Gasteiger partial charge in [-0.3, -0.25) is 10.1 Å². The third-order valence-electron chi connectivity index (χ3n) is 5.16. The largest absolute Gasteiger partial charge is 0.444 e. The second kappa shape index (κ2) is 9.26. The minimum Gasteiger partial charge on any atom is -0.444 e. The molecule has 3 heterocycles. The number of thioether (sulfide) groups is 1. The van der Waals surface area contributed by atoms with Crippen LogP contribution in [0.5, 0.6) is 0 Å². The molecule has 1 aromatic heterocycles. The Hall–Kier alpha value is -3.12. The van der Waals surface area contributed by atoms with E-state index in [1.54, 1.807) is 20.8 Å². The maximum atomic E-state index is 15.1. The first-order valence-corrected chi connectivity index (χ1v) is 11.4. The zero-order valence-corrected chi connectivity index (χ0v) is 19.5. The van der Waals surface area contributed by atoms with Crippen molar-refractivity contribution in [1.29, 1.82) is 0 Å². The van der Waals surface area contributed by atoms with Gasteiger partial charge in [0.25, 0.3) is 5.91 Å². The standard InChI is InChI=1S/C22H23F2N5O4S/c1-21(2,3)33-20(31)28-19-29-22(11-32-9-12(22)10-34-19)15-6-14(4-5-16(15)24)27-18(30)17-25-7-13(23)8-26-17/h4-8,12H,9-11H2,1-3H3,(H,27,30)(H,28,29,31)/t12-,22-/m0/s1. The Morgan fingerprint density at radius 2 is 1.94 bits per heavy atom. The molecule has 2 amide bonds. The molecule has 0 unspecified atom stereocenters. The van der Waals surface area contributed by atoms with Gasteiger partial charge < -0.3 is 14.8 Å². The zero-order valence-electron chi connectivity index (χ0n) is 18.7. The highest BCUT2D eigenvalue weighted by Gasteiger charge is 2.50. The Bertz CT molecular complexity index is 1140. The van der Waals surface area contributed by atoms with Gasteiger partial charge in [0.15, 0.2) is 11.0 Å². The monoisotopic (exact) mass is 491 g/mol. The SMILES string of the molecule is CC(C)(C)OC(=O)NC1=N[C@@]2(c3cc(NC(=O)c4ncc(F)cn4)ccc3F)COC[C@H]2CS1. The lowest BCUT2D eigenvalue weighted by Crippen LogP contribution is -2.43. The van der Waals surface area contributed by atoms with E-state index in [1.165, 1.54) is 30.0 Å². The number of rotatable bonds is 3. The van der Waals surface area contributed by atoms with Crippen LogP contribution in [0.25, 0.3) is 0 Å². The lowest BCUT2D eigenvalue weighted by atomic mass is 9.81. The predicted octanol–water partition coefficient (Wildman–Crippen LogP) is 3.48. The summed E-state index contributed by atoms with van der Waals surface area (Å²) >= 11 is 1.33. The molecule has 2 aliphatic rings. The molecule has 0 saturated carbocycles. The van der Waals surface area contributed by atoms with Gasteiger partial charge in [0.1, 0.15) is 17.0 Å². The first kappa shape index (κ1) is 24.0. The van der Waals surface area contributed by atoms with Crippen molar-refractivity contribution >= 4 is 34.6 Å². The fourth-order valence-electron chi connectivity index (χ4n) is 3.68. The van der Waals surface area contributed by atoms with Gasteiger partial charge in [-0.25, -0.2) is 28.5 Å². The minimum atomic E-state index is -1.09. The van der Waals surface area contributed by atoms with E-state index < -0.39 is 34.8 Å². The Labute approximate surface area is 198 Å². The summed E-state index contributed by atoms with van der Waals surface area (Å²) in [6.45, 7) is 5.72. The number of carbonyl (C=O) groups is 2. The molecular weight excluding hydrogens is 468 g/mol. The fraction of sp³-hybridized carbons (Fsp3) is 0.409. The fourth-order valence-corrected chi connectivity index (χ4v) is 4.79. The summed E-state index contributed by atoms with van der Waals surface area (Å²) in [4.78, 5) is 36.7. The third kappa shape index (κ3) is 5.17. The van der Waals surface area contributed by atoms with Gasteiger partial charge in [0.2, 0.25) is 5.82 Å². The molecule has 0 spiro atoms. The summed E-state index contributed by atoms with van der Waals surface area (Å²) in [5, 5.41) is 5.52. The van der Waals surface area contributed by atoms with E-state index in [0.29, 0.717) is 17.5 Å². The van der Waals surface area contributed by atoms with E-state index >= 15 is 4.39 Å². The summed E-state index contributed by atoms with van der Waals surface area (Å²) in [7, 11) is 0. The maximum absolute atomic E-state index is 15.1. The molecule has 0 aliphatic carbocycles. The van der Waals surface area contributed by atoms with E-state index in [-0.39, 0.29) is 29.6 Å². The van der Waals surface area contributed by atoms with Crippen LogP contribution >= 0.6 is 11.8 Å². The van der Waals surface area contributed by atoms with Crippen LogP contribution in [-0.2, 0) is 15.0 Å². The highest BCUT2D eigenvalue weighted by Crippen LogP contribution is 2.46. The van der Waals surface area contributed by atoms with Crippen molar-refractivity contribution in [3.63, 3.8) is 0 Å². The number of halogens is 2. The molecule has 180 valence electrons. The average molecular weight is 492 g/mol. The van der Waals surface area contributed by atoms with E-state index in [0.717, 1.165) is 12.4 Å². The van der Waals surface area contributed by atoms with Crippen LogP contribution in [0.1, 0.15) is 37.0 Å². The Balaban J connectivity index is 1.62. The lowest BCUT2D eigenvalue weighted by Gasteiger charge is -2.35. The van der Waals surface area contributed by atoms with E-state index in [9.17, 15) is 14.0 Å². The predicted molar refractivity (Wildman–Crippen MR) is 122 cm³/mol. The van der Waals surface area contributed by atoms with Crippen LogP contribution in [0.4, 0.5) is 19.3 Å². The molecule has 12 heteroatoms. The number of aromatic nitrogens is 2. The van der Waals surface area contributed by atoms with Crippen LogP contribution in [-0.4, -0.2) is 51.7 Å². The molecule has 0 bridgehead atoms. The minimum absolute atomic E-state index is 0.104. The number of anilines is 1. The molecule has 2 aromatic rings. The first-order chi connectivity index (χ1) is 16.1. The van der Waals surface area contributed by atoms with Crippen molar-refractivity contribution in [2.45, 2.75) is 31.9 Å². The highest BCUT2D eigenvalue weighted by atomic mass is 32.2. The number of carbonyl (C=O) groups excluding carboxylic acids is 2. The van der Waals surface area contributed by atoms with E-state index in [4.69, 9.17) is 9.47 Å². The van der Waals surface area contributed by atoms with Crippen LogP contribution in [0.15, 0.2) is 35.6 Å². The number of amidine groups is 1. The number of fused-ring (bicyclic) bond motifs is 1. The van der Waals surface area contributed by atoms with Crippen molar-refractivity contribution in [2.75, 3.05) is 24.3 Å². The Morgan fingerprint density at radius 3 is 2.65 bits per heavy atom. The number of benzene rings is 1. The van der Waals surface area contributed by atoms with Crippen molar-refractivity contribution in [3.05, 3.63) is 53.6 Å². The third-order valence-corrected chi connectivity index (χ3v) is 6.20. The number of alkyl carbamates (subject to hydrolysis) is 1. The van der Waals surface area contributed by atoms with Gasteiger partial charge in [-0.1, -0.05) is 11.8 Å². The number of nitrogens with one attached hydrogen (secondary N) is 2. The zero-order chi connectivity index (χ0) is 24.5. The first-order valence-electron chi connectivity index (χ1n) is 10.4. The quantitative estimate of drug-likeness (QED) is 0.676. The summed E-state index contributed by atoms with van der Waals surface area (Å²) in [6.07, 6.45) is 1.10. The Morgan fingerprint density at radius 1 is 1.21 bits per heavy atom. The Kier molecular flexibility index (Phi) is 6.54. The van der Waals surface area contributed by atoms with Crippen molar-refractivity contribution < 1.29 is 27.8 Å². The number of hydrogen-bond donors (Lipinski definition) is 2. The topological polar surface area (TPSA) is 115 Å². The van der Waals surface area contributed by atoms with Crippen LogP contribution in [0.2, 0.25) is 0 Å². The molecule has 1 aromatic carbocycles. The molecule has 4 rings (SSSR count). The van der Waals surface area contributed by atoms with E-state index in [1.807, 2.05) is 0 Å². The highest BCUT2D eigenvalue weighted by molar-refractivity contribution is 8.13. The second-order valence-corrected chi connectivity index (χ2v) is 9.87. The van der Waals surface area contributed by atoms with Crippen molar-refractivity contribution in [2.24, 2.45) is 10.9 Å². The number of hydrogen-bond acceptors (Lipinski definition) is 8. The maximum Gasteiger partial charge on any atom is 0.413 e. The molecule has 34 heavy (non-hydrogen) atoms. The molecule has 1 saturated heterocycles. The summed E-state index contributed by atoms with van der Waals surface area (Å²) in [5.41, 5.74) is -1.28. The number of nitrogens with zero attached hydrogens (tertiary/aromatic N) is 3. The van der Waals surface area contributed by atoms with Gasteiger partial charge in [-0.2, -0.15) is 0 Å². The summed E-state index contributed by atoms with van der Waals surface area (Å²) in [5.74, 6) is -1.72. The molecule has 1 fully saturated rings. The van der Waals surface area contributed by atoms with Gasteiger partial charge in [-0.15, -0.1) is 0 Å². The molecule has 2 N–H and O–H groups in total. The van der Waals surface area contributed by atoms with Crippen LogP contribution in [0.3, 0.4) is 0 Å². The van der Waals surface area contributed by atoms with E-state index in [2.05, 4.69) is 25.6 Å². The van der Waals surface area contributed by atoms with Gasteiger partial charge >= 0.3 is 6.09 Å². The van der Waals surface area contributed by atoms with Gasteiger partial charge in [0.05, 0.1) is 25.6 Å².